The standard InChI is InChI=1S/C18H18N2OS/c21-18(17-11-13-4-1-2-6-16(13)22-17)20-14-7-8-15-12(10-14)5-3-9-19-15/h1-2,4,6-8,10,17,19H,3,5,9,11H2,(H,20,21). The van der Waals surface area contributed by atoms with Crippen molar-refractivity contribution in [2.75, 3.05) is 17.2 Å². The number of amides is 1. The third-order valence-electron chi connectivity index (χ3n) is 4.25. The molecule has 0 fully saturated rings. The molecule has 0 radical (unpaired) electrons. The first-order chi connectivity index (χ1) is 10.8. The quantitative estimate of drug-likeness (QED) is 0.888. The van der Waals surface area contributed by atoms with Gasteiger partial charge in [0.2, 0.25) is 5.91 Å². The Labute approximate surface area is 134 Å². The van der Waals surface area contributed by atoms with Crippen LogP contribution in [0.25, 0.3) is 0 Å². The lowest BCUT2D eigenvalue weighted by Crippen LogP contribution is -2.24. The van der Waals surface area contributed by atoms with Gasteiger partial charge in [-0.15, -0.1) is 11.8 Å². The Hall–Kier alpha value is -1.94. The highest BCUT2D eigenvalue weighted by Gasteiger charge is 2.28. The first kappa shape index (κ1) is 13.7. The molecule has 4 heteroatoms. The number of rotatable bonds is 2. The summed E-state index contributed by atoms with van der Waals surface area (Å²) in [5.74, 6) is 0.102. The van der Waals surface area contributed by atoms with Gasteiger partial charge < -0.3 is 10.6 Å². The van der Waals surface area contributed by atoms with Crippen LogP contribution < -0.4 is 10.6 Å². The van der Waals surface area contributed by atoms with Gasteiger partial charge in [-0.1, -0.05) is 18.2 Å². The van der Waals surface area contributed by atoms with E-state index in [2.05, 4.69) is 34.9 Å². The third kappa shape index (κ3) is 2.59. The van der Waals surface area contributed by atoms with Crippen LogP contribution in [0, 0.1) is 0 Å². The molecule has 3 nitrogen and oxygen atoms in total. The van der Waals surface area contributed by atoms with Crippen LogP contribution >= 0.6 is 11.8 Å². The van der Waals surface area contributed by atoms with Crippen molar-refractivity contribution in [1.82, 2.24) is 0 Å². The molecular weight excluding hydrogens is 292 g/mol. The molecule has 2 aliphatic heterocycles. The van der Waals surface area contributed by atoms with Gasteiger partial charge in [0.05, 0.1) is 5.25 Å². The minimum absolute atomic E-state index is 0.0217. The minimum atomic E-state index is -0.0217. The van der Waals surface area contributed by atoms with Crippen LogP contribution in [0.2, 0.25) is 0 Å². The summed E-state index contributed by atoms with van der Waals surface area (Å²) in [6.07, 6.45) is 3.05. The molecule has 4 rings (SSSR count). The van der Waals surface area contributed by atoms with E-state index in [0.717, 1.165) is 31.5 Å². The molecule has 2 aromatic carbocycles. The second-order valence-corrected chi connectivity index (χ2v) is 7.05. The molecule has 2 aliphatic rings. The summed E-state index contributed by atoms with van der Waals surface area (Å²) in [5.41, 5.74) is 4.68. The number of thioether (sulfide) groups is 1. The third-order valence-corrected chi connectivity index (χ3v) is 5.57. The fraction of sp³-hybridized carbons (Fsp3) is 0.278. The summed E-state index contributed by atoms with van der Waals surface area (Å²) < 4.78 is 0. The smallest absolute Gasteiger partial charge is 0.238 e. The highest BCUT2D eigenvalue weighted by atomic mass is 32.2. The van der Waals surface area contributed by atoms with Crippen molar-refractivity contribution in [2.45, 2.75) is 29.4 Å². The molecule has 1 atom stereocenters. The normalized spacial score (nSPS) is 19.0. The van der Waals surface area contributed by atoms with Gasteiger partial charge in [-0.25, -0.2) is 0 Å². The van der Waals surface area contributed by atoms with Crippen molar-refractivity contribution >= 4 is 29.0 Å². The first-order valence-corrected chi connectivity index (χ1v) is 8.60. The van der Waals surface area contributed by atoms with E-state index in [4.69, 9.17) is 0 Å². The molecule has 0 aliphatic carbocycles. The summed E-state index contributed by atoms with van der Waals surface area (Å²) in [6.45, 7) is 1.04. The van der Waals surface area contributed by atoms with E-state index in [0.29, 0.717) is 0 Å². The molecular formula is C18H18N2OS. The summed E-state index contributed by atoms with van der Waals surface area (Å²) in [4.78, 5) is 13.7. The van der Waals surface area contributed by atoms with Crippen LogP contribution in [0.15, 0.2) is 47.4 Å². The van der Waals surface area contributed by atoms with Gasteiger partial charge in [0, 0.05) is 22.8 Å². The maximum absolute atomic E-state index is 12.5. The summed E-state index contributed by atoms with van der Waals surface area (Å²) in [5, 5.41) is 6.45. The van der Waals surface area contributed by atoms with Crippen molar-refractivity contribution in [3.05, 3.63) is 53.6 Å². The van der Waals surface area contributed by atoms with Crippen LogP contribution in [0.3, 0.4) is 0 Å². The lowest BCUT2D eigenvalue weighted by Gasteiger charge is -2.19. The van der Waals surface area contributed by atoms with Crippen LogP contribution in [0.1, 0.15) is 17.5 Å². The Bertz CT molecular complexity index is 704. The number of fused-ring (bicyclic) bond motifs is 2. The molecule has 1 amide bonds. The van der Waals surface area contributed by atoms with E-state index in [1.54, 1.807) is 11.8 Å². The molecule has 2 heterocycles. The van der Waals surface area contributed by atoms with E-state index in [-0.39, 0.29) is 11.2 Å². The van der Waals surface area contributed by atoms with Crippen LogP contribution in [0.5, 0.6) is 0 Å². The number of carbonyl (C=O) groups excluding carboxylic acids is 1. The summed E-state index contributed by atoms with van der Waals surface area (Å²) in [6, 6.07) is 14.4. The Morgan fingerprint density at radius 1 is 1.18 bits per heavy atom. The topological polar surface area (TPSA) is 41.1 Å². The highest BCUT2D eigenvalue weighted by Crippen LogP contribution is 2.37. The molecule has 0 aromatic heterocycles. The number of nitrogens with one attached hydrogen (secondary N) is 2. The average molecular weight is 310 g/mol. The summed E-state index contributed by atoms with van der Waals surface area (Å²) >= 11 is 1.67. The number of benzene rings is 2. The van der Waals surface area contributed by atoms with Crippen molar-refractivity contribution in [1.29, 1.82) is 0 Å². The zero-order valence-electron chi connectivity index (χ0n) is 12.3. The zero-order chi connectivity index (χ0) is 14.9. The Balaban J connectivity index is 1.47. The monoisotopic (exact) mass is 310 g/mol. The van der Waals surface area contributed by atoms with Gasteiger partial charge >= 0.3 is 0 Å². The molecule has 1 unspecified atom stereocenters. The van der Waals surface area contributed by atoms with E-state index in [1.165, 1.54) is 21.7 Å². The molecule has 0 bridgehead atoms. The van der Waals surface area contributed by atoms with Gasteiger partial charge in [0.25, 0.3) is 0 Å². The van der Waals surface area contributed by atoms with E-state index in [9.17, 15) is 4.79 Å². The SMILES string of the molecule is O=C(Nc1ccc2c(c1)CCCN2)C1Cc2ccccc2S1. The molecule has 0 saturated heterocycles. The van der Waals surface area contributed by atoms with Gasteiger partial charge in [0.1, 0.15) is 0 Å². The van der Waals surface area contributed by atoms with E-state index in [1.807, 2.05) is 18.2 Å². The lowest BCUT2D eigenvalue weighted by molar-refractivity contribution is -0.115. The Morgan fingerprint density at radius 2 is 2.09 bits per heavy atom. The van der Waals surface area contributed by atoms with Crippen molar-refractivity contribution in [3.8, 4) is 0 Å². The van der Waals surface area contributed by atoms with E-state index < -0.39 is 0 Å². The van der Waals surface area contributed by atoms with Gasteiger partial charge in [-0.2, -0.15) is 0 Å². The van der Waals surface area contributed by atoms with Crippen LogP contribution in [-0.4, -0.2) is 17.7 Å². The predicted octanol–water partition coefficient (Wildman–Crippen LogP) is 3.70. The molecule has 22 heavy (non-hydrogen) atoms. The van der Waals surface area contributed by atoms with Crippen molar-refractivity contribution in [3.63, 3.8) is 0 Å². The number of carbonyl (C=O) groups is 1. The van der Waals surface area contributed by atoms with Gasteiger partial charge in [-0.05, 0) is 54.7 Å². The maximum atomic E-state index is 12.5. The fourth-order valence-electron chi connectivity index (χ4n) is 3.10. The Kier molecular flexibility index (Phi) is 3.54. The van der Waals surface area contributed by atoms with Crippen molar-refractivity contribution < 1.29 is 4.79 Å². The number of aryl methyl sites for hydroxylation is 1. The minimum Gasteiger partial charge on any atom is -0.385 e. The number of hydrogen-bond acceptors (Lipinski definition) is 3. The highest BCUT2D eigenvalue weighted by molar-refractivity contribution is 8.01. The molecule has 0 spiro atoms. The second kappa shape index (κ2) is 5.69. The summed E-state index contributed by atoms with van der Waals surface area (Å²) in [7, 11) is 0. The molecule has 0 saturated carbocycles. The number of anilines is 2. The second-order valence-electron chi connectivity index (χ2n) is 5.81. The predicted molar refractivity (Wildman–Crippen MR) is 91.7 cm³/mol. The largest absolute Gasteiger partial charge is 0.385 e. The fourth-order valence-corrected chi connectivity index (χ4v) is 4.30. The zero-order valence-corrected chi connectivity index (χ0v) is 13.1. The first-order valence-electron chi connectivity index (χ1n) is 7.72. The van der Waals surface area contributed by atoms with E-state index >= 15 is 0 Å². The number of hydrogen-bond donors (Lipinski definition) is 2. The molecule has 2 aromatic rings. The Morgan fingerprint density at radius 3 is 3.00 bits per heavy atom. The van der Waals surface area contributed by atoms with Crippen LogP contribution in [0.4, 0.5) is 11.4 Å². The van der Waals surface area contributed by atoms with Crippen LogP contribution in [-0.2, 0) is 17.6 Å². The van der Waals surface area contributed by atoms with Crippen molar-refractivity contribution in [2.24, 2.45) is 0 Å². The molecule has 2 N–H and O–H groups in total. The average Bonchev–Trinajstić information content (AvgIpc) is 2.99. The van der Waals surface area contributed by atoms with Gasteiger partial charge in [0.15, 0.2) is 0 Å². The maximum Gasteiger partial charge on any atom is 0.238 e. The molecule has 112 valence electrons. The van der Waals surface area contributed by atoms with Gasteiger partial charge in [-0.3, -0.25) is 4.79 Å². The lowest BCUT2D eigenvalue weighted by atomic mass is 10.0.